The third kappa shape index (κ3) is 3.98. The highest BCUT2D eigenvalue weighted by atomic mass is 19.1. The first-order chi connectivity index (χ1) is 9.20. The van der Waals surface area contributed by atoms with Crippen molar-refractivity contribution in [2.24, 2.45) is 0 Å². The summed E-state index contributed by atoms with van der Waals surface area (Å²) in [7, 11) is 0. The van der Waals surface area contributed by atoms with Gasteiger partial charge in [-0.15, -0.1) is 0 Å². The molecule has 1 fully saturated rings. The van der Waals surface area contributed by atoms with Crippen LogP contribution >= 0.6 is 0 Å². The summed E-state index contributed by atoms with van der Waals surface area (Å²) in [5, 5.41) is 3.43. The van der Waals surface area contributed by atoms with Crippen LogP contribution in [0, 0.1) is 11.6 Å². The summed E-state index contributed by atoms with van der Waals surface area (Å²) in [4.78, 5) is 2.14. The summed E-state index contributed by atoms with van der Waals surface area (Å²) < 4.78 is 27.4. The van der Waals surface area contributed by atoms with Crippen molar-refractivity contribution in [3.63, 3.8) is 0 Å². The van der Waals surface area contributed by atoms with Crippen molar-refractivity contribution in [3.05, 3.63) is 35.4 Å². The Hall–Kier alpha value is -1.00. The van der Waals surface area contributed by atoms with Crippen LogP contribution in [0.5, 0.6) is 0 Å². The average Bonchev–Trinajstić information content (AvgIpc) is 2.87. The highest BCUT2D eigenvalue weighted by Gasteiger charge is 2.19. The number of hydrogen-bond donors (Lipinski definition) is 1. The molecule has 1 aliphatic heterocycles. The minimum atomic E-state index is -0.444. The standard InChI is InChI=1S/C15H22F2N2/c1-2-9-19(10-12-5-4-8-18-12)11-13-14(16)6-3-7-15(13)17/h3,6-7,12,18H,2,4-5,8-11H2,1H3. The van der Waals surface area contributed by atoms with Crippen LogP contribution in [0.1, 0.15) is 31.7 Å². The molecule has 0 bridgehead atoms. The van der Waals surface area contributed by atoms with E-state index in [2.05, 4.69) is 17.1 Å². The second kappa shape index (κ2) is 6.96. The van der Waals surface area contributed by atoms with Gasteiger partial charge in [0.25, 0.3) is 0 Å². The second-order valence-electron chi connectivity index (χ2n) is 5.23. The number of nitrogens with zero attached hydrogens (tertiary/aromatic N) is 1. The van der Waals surface area contributed by atoms with Gasteiger partial charge < -0.3 is 5.32 Å². The molecular weight excluding hydrogens is 246 g/mol. The van der Waals surface area contributed by atoms with Gasteiger partial charge in [0.1, 0.15) is 11.6 Å². The maximum absolute atomic E-state index is 13.7. The van der Waals surface area contributed by atoms with Crippen LogP contribution in [0.25, 0.3) is 0 Å². The summed E-state index contributed by atoms with van der Waals surface area (Å²) in [5.41, 5.74) is 0.189. The van der Waals surface area contributed by atoms with Gasteiger partial charge in [-0.1, -0.05) is 13.0 Å². The largest absolute Gasteiger partial charge is 0.313 e. The van der Waals surface area contributed by atoms with E-state index < -0.39 is 11.6 Å². The lowest BCUT2D eigenvalue weighted by Crippen LogP contribution is -2.38. The Balaban J connectivity index is 2.02. The maximum Gasteiger partial charge on any atom is 0.130 e. The molecule has 0 amide bonds. The zero-order chi connectivity index (χ0) is 13.7. The third-order valence-electron chi connectivity index (χ3n) is 3.62. The van der Waals surface area contributed by atoms with Crippen molar-refractivity contribution in [2.75, 3.05) is 19.6 Å². The quantitative estimate of drug-likeness (QED) is 0.853. The number of benzene rings is 1. The Kier molecular flexibility index (Phi) is 5.28. The Morgan fingerprint density at radius 3 is 2.63 bits per heavy atom. The predicted octanol–water partition coefficient (Wildman–Crippen LogP) is 2.93. The van der Waals surface area contributed by atoms with E-state index in [1.165, 1.54) is 24.6 Å². The average molecular weight is 268 g/mol. The van der Waals surface area contributed by atoms with Gasteiger partial charge in [0, 0.05) is 24.7 Å². The molecule has 2 rings (SSSR count). The van der Waals surface area contributed by atoms with Gasteiger partial charge >= 0.3 is 0 Å². The van der Waals surface area contributed by atoms with Crippen LogP contribution in [0.2, 0.25) is 0 Å². The van der Waals surface area contributed by atoms with Crippen LogP contribution in [0.3, 0.4) is 0 Å². The fourth-order valence-corrected chi connectivity index (χ4v) is 2.68. The lowest BCUT2D eigenvalue weighted by Gasteiger charge is -2.25. The smallest absolute Gasteiger partial charge is 0.130 e. The van der Waals surface area contributed by atoms with Gasteiger partial charge in [-0.25, -0.2) is 8.78 Å². The summed E-state index contributed by atoms with van der Waals surface area (Å²) in [6, 6.07) is 4.53. The molecule has 106 valence electrons. The molecule has 4 heteroatoms. The lowest BCUT2D eigenvalue weighted by molar-refractivity contribution is 0.235. The molecule has 1 aliphatic rings. The zero-order valence-corrected chi connectivity index (χ0v) is 11.5. The molecule has 1 heterocycles. The minimum absolute atomic E-state index is 0.189. The molecule has 0 radical (unpaired) electrons. The van der Waals surface area contributed by atoms with Crippen molar-refractivity contribution < 1.29 is 8.78 Å². The number of rotatable bonds is 6. The van der Waals surface area contributed by atoms with Crippen LogP contribution in [-0.2, 0) is 6.54 Å². The van der Waals surface area contributed by atoms with E-state index in [1.54, 1.807) is 0 Å². The molecule has 2 nitrogen and oxygen atoms in total. The Morgan fingerprint density at radius 1 is 1.32 bits per heavy atom. The molecule has 0 aromatic heterocycles. The van der Waals surface area contributed by atoms with Crippen molar-refractivity contribution >= 4 is 0 Å². The minimum Gasteiger partial charge on any atom is -0.313 e. The summed E-state index contributed by atoms with van der Waals surface area (Å²) in [5.74, 6) is -0.888. The van der Waals surface area contributed by atoms with Crippen molar-refractivity contribution in [1.82, 2.24) is 10.2 Å². The molecule has 0 saturated carbocycles. The van der Waals surface area contributed by atoms with Gasteiger partial charge in [-0.2, -0.15) is 0 Å². The van der Waals surface area contributed by atoms with E-state index in [1.807, 2.05) is 0 Å². The highest BCUT2D eigenvalue weighted by molar-refractivity contribution is 5.19. The number of nitrogens with one attached hydrogen (secondary N) is 1. The van der Waals surface area contributed by atoms with Gasteiger partial charge in [-0.3, -0.25) is 4.90 Å². The molecule has 1 saturated heterocycles. The fraction of sp³-hybridized carbons (Fsp3) is 0.600. The van der Waals surface area contributed by atoms with Crippen molar-refractivity contribution in [3.8, 4) is 0 Å². The zero-order valence-electron chi connectivity index (χ0n) is 11.5. The van der Waals surface area contributed by atoms with Crippen LogP contribution in [0.4, 0.5) is 8.78 Å². The van der Waals surface area contributed by atoms with Crippen LogP contribution in [0.15, 0.2) is 18.2 Å². The normalized spacial score (nSPS) is 19.3. The first-order valence-electron chi connectivity index (χ1n) is 7.09. The number of hydrogen-bond acceptors (Lipinski definition) is 2. The molecule has 0 aliphatic carbocycles. The molecule has 0 spiro atoms. The lowest BCUT2D eigenvalue weighted by atomic mass is 10.1. The Bertz CT molecular complexity index is 383. The topological polar surface area (TPSA) is 15.3 Å². The third-order valence-corrected chi connectivity index (χ3v) is 3.62. The first-order valence-corrected chi connectivity index (χ1v) is 7.09. The van der Waals surface area contributed by atoms with E-state index in [9.17, 15) is 8.78 Å². The van der Waals surface area contributed by atoms with E-state index in [0.29, 0.717) is 12.6 Å². The van der Waals surface area contributed by atoms with Crippen molar-refractivity contribution in [1.29, 1.82) is 0 Å². The Labute approximate surface area is 113 Å². The molecule has 1 unspecified atom stereocenters. The summed E-state index contributed by atoms with van der Waals surface area (Å²) >= 11 is 0. The van der Waals surface area contributed by atoms with Gasteiger partial charge in [0.05, 0.1) is 0 Å². The van der Waals surface area contributed by atoms with Gasteiger partial charge in [0.15, 0.2) is 0 Å². The SMILES string of the molecule is CCCN(Cc1c(F)cccc1F)CC1CCCN1. The molecule has 1 atom stereocenters. The monoisotopic (exact) mass is 268 g/mol. The van der Waals surface area contributed by atoms with E-state index >= 15 is 0 Å². The number of halogens is 2. The highest BCUT2D eigenvalue weighted by Crippen LogP contribution is 2.16. The van der Waals surface area contributed by atoms with Crippen molar-refractivity contribution in [2.45, 2.75) is 38.8 Å². The molecule has 19 heavy (non-hydrogen) atoms. The summed E-state index contributed by atoms with van der Waals surface area (Å²) in [6.45, 7) is 5.23. The molecular formula is C15H22F2N2. The molecule has 1 aromatic carbocycles. The second-order valence-corrected chi connectivity index (χ2v) is 5.23. The predicted molar refractivity (Wildman–Crippen MR) is 73.0 cm³/mol. The maximum atomic E-state index is 13.7. The molecule has 1 aromatic rings. The van der Waals surface area contributed by atoms with E-state index in [4.69, 9.17) is 0 Å². The fourth-order valence-electron chi connectivity index (χ4n) is 2.68. The Morgan fingerprint density at radius 2 is 2.05 bits per heavy atom. The van der Waals surface area contributed by atoms with E-state index in [0.717, 1.165) is 32.5 Å². The van der Waals surface area contributed by atoms with Crippen LogP contribution in [-0.4, -0.2) is 30.6 Å². The van der Waals surface area contributed by atoms with Gasteiger partial charge in [0.2, 0.25) is 0 Å². The van der Waals surface area contributed by atoms with E-state index in [-0.39, 0.29) is 5.56 Å². The van der Waals surface area contributed by atoms with Crippen LogP contribution < -0.4 is 5.32 Å². The molecule has 1 N–H and O–H groups in total. The summed E-state index contributed by atoms with van der Waals surface area (Å²) in [6.07, 6.45) is 3.33. The van der Waals surface area contributed by atoms with Gasteiger partial charge in [-0.05, 0) is 44.5 Å². The first kappa shape index (κ1) is 14.4.